The standard InChI is InChI=1S/C32H47N7O4S/c1-29(2)16-21(17-30(3,4)38-29)33-20-9-12-24(13-10-20)44(41,42)43-23-11-14-25-26(15-23)36-27(35-25)37-28(40)34-22-18-31(5,6)39-32(7,8)19-22/h9-15,21-22,33,38-39H,16-19H2,1-8H3,(H3,34,35,36,37,40). The lowest BCUT2D eigenvalue weighted by molar-refractivity contribution is 0.149. The van der Waals surface area contributed by atoms with E-state index >= 15 is 0 Å². The fraction of sp³-hybridized carbons (Fsp3) is 0.562. The molecule has 2 fully saturated rings. The Balaban J connectivity index is 1.21. The number of aromatic amines is 1. The first-order valence-corrected chi connectivity index (χ1v) is 16.7. The molecule has 44 heavy (non-hydrogen) atoms. The second-order valence-corrected chi connectivity index (χ2v) is 16.6. The average molecular weight is 626 g/mol. The Morgan fingerprint density at radius 3 is 1.93 bits per heavy atom. The number of carbonyl (C=O) groups is 1. The summed E-state index contributed by atoms with van der Waals surface area (Å²) in [6.07, 6.45) is 3.50. The number of imidazole rings is 1. The largest absolute Gasteiger partial charge is 0.382 e. The number of urea groups is 1. The van der Waals surface area contributed by atoms with Crippen LogP contribution in [0.15, 0.2) is 47.4 Å². The Hall–Kier alpha value is -3.35. The average Bonchev–Trinajstić information content (AvgIpc) is 3.21. The first-order valence-electron chi connectivity index (χ1n) is 15.2. The van der Waals surface area contributed by atoms with Crippen molar-refractivity contribution in [2.24, 2.45) is 0 Å². The zero-order valence-corrected chi connectivity index (χ0v) is 27.8. The van der Waals surface area contributed by atoms with Crippen molar-refractivity contribution < 1.29 is 17.4 Å². The van der Waals surface area contributed by atoms with Gasteiger partial charge < -0.3 is 30.4 Å². The lowest BCUT2D eigenvalue weighted by atomic mass is 9.79. The predicted molar refractivity (Wildman–Crippen MR) is 175 cm³/mol. The lowest BCUT2D eigenvalue weighted by Gasteiger charge is -2.47. The third-order valence-electron chi connectivity index (χ3n) is 8.12. The fourth-order valence-corrected chi connectivity index (χ4v) is 8.33. The normalized spacial score (nSPS) is 21.5. The molecule has 2 aliphatic rings. The van der Waals surface area contributed by atoms with Gasteiger partial charge in [0.05, 0.1) is 11.0 Å². The second-order valence-electron chi connectivity index (χ2n) is 15.1. The van der Waals surface area contributed by atoms with Crippen LogP contribution >= 0.6 is 0 Å². The van der Waals surface area contributed by atoms with Crippen LogP contribution in [0.5, 0.6) is 5.75 Å². The third-order valence-corrected chi connectivity index (χ3v) is 9.38. The zero-order valence-electron chi connectivity index (χ0n) is 27.0. The van der Waals surface area contributed by atoms with Crippen molar-refractivity contribution in [1.82, 2.24) is 25.9 Å². The van der Waals surface area contributed by atoms with Gasteiger partial charge in [-0.1, -0.05) is 0 Å². The summed E-state index contributed by atoms with van der Waals surface area (Å²) >= 11 is 0. The highest BCUT2D eigenvalue weighted by Gasteiger charge is 2.39. The number of benzene rings is 2. The van der Waals surface area contributed by atoms with Crippen LogP contribution in [-0.2, 0) is 10.1 Å². The monoisotopic (exact) mass is 625 g/mol. The minimum absolute atomic E-state index is 0.00269. The number of nitrogens with zero attached hydrogens (tertiary/aromatic N) is 1. The molecule has 0 aliphatic carbocycles. The van der Waals surface area contributed by atoms with Gasteiger partial charge in [-0.3, -0.25) is 5.32 Å². The van der Waals surface area contributed by atoms with Crippen molar-refractivity contribution >= 4 is 38.8 Å². The molecule has 11 nitrogen and oxygen atoms in total. The van der Waals surface area contributed by atoms with Crippen LogP contribution in [0.1, 0.15) is 81.1 Å². The van der Waals surface area contributed by atoms with Crippen LogP contribution in [-0.4, -0.2) is 58.7 Å². The van der Waals surface area contributed by atoms with Gasteiger partial charge in [0.1, 0.15) is 10.6 Å². The van der Waals surface area contributed by atoms with Crippen molar-refractivity contribution in [2.45, 2.75) is 120 Å². The Morgan fingerprint density at radius 1 is 0.818 bits per heavy atom. The minimum Gasteiger partial charge on any atom is -0.382 e. The van der Waals surface area contributed by atoms with E-state index in [9.17, 15) is 13.2 Å². The predicted octanol–water partition coefficient (Wildman–Crippen LogP) is 5.48. The Kier molecular flexibility index (Phi) is 8.18. The van der Waals surface area contributed by atoms with Crippen molar-refractivity contribution in [1.29, 1.82) is 0 Å². The summed E-state index contributed by atoms with van der Waals surface area (Å²) in [5, 5.41) is 16.7. The highest BCUT2D eigenvalue weighted by atomic mass is 32.2. The smallest absolute Gasteiger partial charge is 0.339 e. The number of nitrogens with one attached hydrogen (secondary N) is 6. The Labute approximate surface area is 260 Å². The number of aromatic nitrogens is 2. The number of piperidine rings is 2. The minimum atomic E-state index is -4.07. The number of rotatable bonds is 7. The van der Waals surface area contributed by atoms with Crippen LogP contribution in [0.3, 0.4) is 0 Å². The molecule has 1 aromatic heterocycles. The number of hydrogen-bond donors (Lipinski definition) is 6. The van der Waals surface area contributed by atoms with E-state index < -0.39 is 10.1 Å². The summed E-state index contributed by atoms with van der Waals surface area (Å²) in [6, 6.07) is 11.3. The maximum absolute atomic E-state index is 13.1. The van der Waals surface area contributed by atoms with Gasteiger partial charge in [-0.2, -0.15) is 8.42 Å². The van der Waals surface area contributed by atoms with Gasteiger partial charge in [-0.25, -0.2) is 9.78 Å². The maximum Gasteiger partial charge on any atom is 0.339 e. The molecule has 3 aromatic rings. The molecule has 0 atom stereocenters. The summed E-state index contributed by atoms with van der Waals surface area (Å²) < 4.78 is 31.6. The van der Waals surface area contributed by atoms with Crippen LogP contribution in [0, 0.1) is 0 Å². The molecule has 2 saturated heterocycles. The number of anilines is 2. The molecule has 0 bridgehead atoms. The summed E-state index contributed by atoms with van der Waals surface area (Å²) in [4.78, 5) is 20.3. The molecule has 2 aromatic carbocycles. The number of amides is 2. The second kappa shape index (κ2) is 11.2. The van der Waals surface area contributed by atoms with Gasteiger partial charge in [-0.15, -0.1) is 0 Å². The molecule has 0 radical (unpaired) electrons. The molecule has 0 saturated carbocycles. The van der Waals surface area contributed by atoms with Gasteiger partial charge in [0.2, 0.25) is 5.95 Å². The molecule has 12 heteroatoms. The topological polar surface area (TPSA) is 149 Å². The molecular weight excluding hydrogens is 578 g/mol. The van der Waals surface area contributed by atoms with Crippen molar-refractivity contribution in [3.8, 4) is 5.75 Å². The van der Waals surface area contributed by atoms with Crippen molar-refractivity contribution in [2.75, 3.05) is 10.6 Å². The molecule has 5 rings (SSSR count). The summed E-state index contributed by atoms with van der Waals surface area (Å²) in [6.45, 7) is 17.3. The Bertz CT molecular complexity index is 1600. The summed E-state index contributed by atoms with van der Waals surface area (Å²) in [5.41, 5.74) is 1.75. The van der Waals surface area contributed by atoms with E-state index in [4.69, 9.17) is 4.18 Å². The van der Waals surface area contributed by atoms with Gasteiger partial charge in [0.25, 0.3) is 0 Å². The molecule has 0 unspecified atom stereocenters. The third kappa shape index (κ3) is 8.02. The number of carbonyl (C=O) groups excluding carboxylic acids is 1. The van der Waals surface area contributed by atoms with E-state index in [1.54, 1.807) is 42.5 Å². The first-order chi connectivity index (χ1) is 20.3. The highest BCUT2D eigenvalue weighted by molar-refractivity contribution is 7.87. The van der Waals surface area contributed by atoms with E-state index in [2.05, 4.69) is 91.9 Å². The van der Waals surface area contributed by atoms with Crippen LogP contribution in [0.4, 0.5) is 16.4 Å². The van der Waals surface area contributed by atoms with Crippen molar-refractivity contribution in [3.63, 3.8) is 0 Å². The molecular formula is C32H47N7O4S. The molecule has 3 heterocycles. The molecule has 0 spiro atoms. The summed E-state index contributed by atoms with van der Waals surface area (Å²) in [5.74, 6) is 0.395. The van der Waals surface area contributed by atoms with Gasteiger partial charge >= 0.3 is 16.1 Å². The van der Waals surface area contributed by atoms with Gasteiger partial charge in [0.15, 0.2) is 0 Å². The van der Waals surface area contributed by atoms with Gasteiger partial charge in [0, 0.05) is 46.0 Å². The molecule has 240 valence electrons. The quantitative estimate of drug-likeness (QED) is 0.189. The number of fused-ring (bicyclic) bond motifs is 1. The first kappa shape index (κ1) is 32.1. The molecule has 6 N–H and O–H groups in total. The highest BCUT2D eigenvalue weighted by Crippen LogP contribution is 2.32. The zero-order chi connectivity index (χ0) is 32.1. The SMILES string of the molecule is CC1(C)CC(NC(=O)Nc2nc3ccc(OS(=O)(=O)c4ccc(NC5CC(C)(C)NC(C)(C)C5)cc4)cc3[nH]2)CC(C)(C)N1. The molecule has 2 aliphatic heterocycles. The van der Waals surface area contributed by atoms with E-state index in [0.717, 1.165) is 31.4 Å². The van der Waals surface area contributed by atoms with Crippen LogP contribution < -0.4 is 30.8 Å². The molecule has 2 amide bonds. The maximum atomic E-state index is 13.1. The van der Waals surface area contributed by atoms with E-state index in [1.165, 1.54) is 0 Å². The van der Waals surface area contributed by atoms with Crippen LogP contribution in [0.25, 0.3) is 11.0 Å². The fourth-order valence-electron chi connectivity index (χ4n) is 7.41. The number of H-pyrrole nitrogens is 1. The lowest BCUT2D eigenvalue weighted by Crippen LogP contribution is -2.62. The van der Waals surface area contributed by atoms with E-state index in [-0.39, 0.29) is 56.9 Å². The number of hydrogen-bond acceptors (Lipinski definition) is 8. The van der Waals surface area contributed by atoms with Gasteiger partial charge in [-0.05, 0) is 117 Å². The Morgan fingerprint density at radius 2 is 1.36 bits per heavy atom. The van der Waals surface area contributed by atoms with Crippen molar-refractivity contribution in [3.05, 3.63) is 42.5 Å². The van der Waals surface area contributed by atoms with E-state index in [0.29, 0.717) is 11.0 Å². The van der Waals surface area contributed by atoms with Crippen LogP contribution in [0.2, 0.25) is 0 Å². The summed E-state index contributed by atoms with van der Waals surface area (Å²) in [7, 11) is -4.07. The van der Waals surface area contributed by atoms with E-state index in [1.807, 2.05) is 0 Å².